The molecule has 1 N–H and O–H groups in total. The van der Waals surface area contributed by atoms with Crippen molar-refractivity contribution in [1.29, 1.82) is 0 Å². The molecule has 0 aliphatic heterocycles. The topological polar surface area (TPSA) is 32.6 Å². The van der Waals surface area contributed by atoms with Crippen LogP contribution in [-0.4, -0.2) is 10.9 Å². The predicted molar refractivity (Wildman–Crippen MR) is 59.9 cm³/mol. The van der Waals surface area contributed by atoms with Gasteiger partial charge in [0.15, 0.2) is 0 Å². The van der Waals surface area contributed by atoms with Crippen LogP contribution in [0.3, 0.4) is 0 Å². The van der Waals surface area contributed by atoms with Gasteiger partial charge in [-0.1, -0.05) is 38.3 Å². The molecular weight excluding hydrogens is 174 g/mol. The van der Waals surface area contributed by atoms with E-state index >= 15 is 0 Å². The first-order chi connectivity index (χ1) is 6.56. The van der Waals surface area contributed by atoms with Gasteiger partial charge in [-0.05, 0) is 37.5 Å². The first-order valence-corrected chi connectivity index (χ1v) is 5.74. The lowest BCUT2D eigenvalue weighted by atomic mass is 9.69. The van der Waals surface area contributed by atoms with E-state index in [1.807, 2.05) is 6.92 Å². The molecule has 14 heavy (non-hydrogen) atoms. The quantitative estimate of drug-likeness (QED) is 0.416. The Morgan fingerprint density at radius 2 is 1.86 bits per heavy atom. The third kappa shape index (κ3) is 3.00. The highest BCUT2D eigenvalue weighted by Gasteiger charge is 2.30. The average Bonchev–Trinajstić information content (AvgIpc) is 2.18. The van der Waals surface area contributed by atoms with E-state index in [0.717, 1.165) is 18.1 Å². The van der Waals surface area contributed by atoms with Crippen LogP contribution in [0.1, 0.15) is 59.3 Å². The van der Waals surface area contributed by atoms with Crippen molar-refractivity contribution in [2.24, 2.45) is 16.5 Å². The van der Waals surface area contributed by atoms with E-state index in [4.69, 9.17) is 5.21 Å². The molecule has 2 nitrogen and oxygen atoms in total. The second-order valence-electron chi connectivity index (χ2n) is 5.34. The molecule has 0 bridgehead atoms. The lowest BCUT2D eigenvalue weighted by Gasteiger charge is -2.36. The number of oxime groups is 1. The van der Waals surface area contributed by atoms with Gasteiger partial charge in [0.25, 0.3) is 0 Å². The standard InChI is InChI=1S/C12H23NO/c1-10(13-14)9-12(2,3)11-7-5-4-6-8-11/h11,14H,4-9H2,1-3H3. The van der Waals surface area contributed by atoms with Gasteiger partial charge in [-0.25, -0.2) is 0 Å². The zero-order chi connectivity index (χ0) is 10.6. The van der Waals surface area contributed by atoms with E-state index in [2.05, 4.69) is 19.0 Å². The molecule has 1 aliphatic rings. The summed E-state index contributed by atoms with van der Waals surface area (Å²) in [7, 11) is 0. The number of hydrogen-bond acceptors (Lipinski definition) is 2. The highest BCUT2D eigenvalue weighted by atomic mass is 16.4. The first kappa shape index (κ1) is 11.5. The highest BCUT2D eigenvalue weighted by Crippen LogP contribution is 2.40. The highest BCUT2D eigenvalue weighted by molar-refractivity contribution is 5.81. The summed E-state index contributed by atoms with van der Waals surface area (Å²) in [5, 5.41) is 12.0. The van der Waals surface area contributed by atoms with E-state index in [1.165, 1.54) is 32.1 Å². The van der Waals surface area contributed by atoms with Crippen molar-refractivity contribution in [2.75, 3.05) is 0 Å². The van der Waals surface area contributed by atoms with Crippen LogP contribution in [0.15, 0.2) is 5.16 Å². The average molecular weight is 197 g/mol. The fraction of sp³-hybridized carbons (Fsp3) is 0.917. The van der Waals surface area contributed by atoms with Crippen LogP contribution in [0.25, 0.3) is 0 Å². The minimum Gasteiger partial charge on any atom is -0.411 e. The van der Waals surface area contributed by atoms with Crippen LogP contribution in [0.5, 0.6) is 0 Å². The number of hydrogen-bond donors (Lipinski definition) is 1. The van der Waals surface area contributed by atoms with E-state index in [9.17, 15) is 0 Å². The van der Waals surface area contributed by atoms with Gasteiger partial charge in [0.1, 0.15) is 0 Å². The molecule has 1 rings (SSSR count). The second-order valence-corrected chi connectivity index (χ2v) is 5.34. The zero-order valence-corrected chi connectivity index (χ0v) is 9.71. The van der Waals surface area contributed by atoms with Crippen LogP contribution >= 0.6 is 0 Å². The Balaban J connectivity index is 2.53. The minimum absolute atomic E-state index is 0.302. The normalized spacial score (nSPS) is 21.2. The predicted octanol–water partition coefficient (Wildman–Crippen LogP) is 3.83. The van der Waals surface area contributed by atoms with Gasteiger partial charge in [-0.15, -0.1) is 0 Å². The maximum absolute atomic E-state index is 8.68. The molecule has 0 aromatic heterocycles. The SMILES string of the molecule is CC(CC(C)(C)C1CCCCC1)=NO. The van der Waals surface area contributed by atoms with Gasteiger partial charge in [-0.2, -0.15) is 0 Å². The van der Waals surface area contributed by atoms with Crippen LogP contribution < -0.4 is 0 Å². The second kappa shape index (κ2) is 4.81. The molecule has 0 atom stereocenters. The van der Waals surface area contributed by atoms with Gasteiger partial charge in [-0.3, -0.25) is 0 Å². The van der Waals surface area contributed by atoms with Gasteiger partial charge in [0.2, 0.25) is 0 Å². The zero-order valence-electron chi connectivity index (χ0n) is 9.71. The molecule has 0 amide bonds. The van der Waals surface area contributed by atoms with E-state index in [1.54, 1.807) is 0 Å². The monoisotopic (exact) mass is 197 g/mol. The molecule has 0 unspecified atom stereocenters. The van der Waals surface area contributed by atoms with Gasteiger partial charge >= 0.3 is 0 Å². The number of rotatable bonds is 3. The summed E-state index contributed by atoms with van der Waals surface area (Å²) in [4.78, 5) is 0. The summed E-state index contributed by atoms with van der Waals surface area (Å²) in [6.07, 6.45) is 7.79. The molecule has 1 fully saturated rings. The van der Waals surface area contributed by atoms with Crippen molar-refractivity contribution in [3.05, 3.63) is 0 Å². The Labute approximate surface area is 87.4 Å². The molecule has 0 saturated heterocycles. The van der Waals surface area contributed by atoms with Crippen molar-refractivity contribution < 1.29 is 5.21 Å². The molecular formula is C12H23NO. The molecule has 0 aromatic rings. The number of nitrogens with zero attached hydrogens (tertiary/aromatic N) is 1. The molecule has 82 valence electrons. The largest absolute Gasteiger partial charge is 0.411 e. The van der Waals surface area contributed by atoms with Gasteiger partial charge in [0.05, 0.1) is 5.71 Å². The third-order valence-electron chi connectivity index (χ3n) is 3.59. The van der Waals surface area contributed by atoms with E-state index in [0.29, 0.717) is 5.41 Å². The Morgan fingerprint density at radius 1 is 1.29 bits per heavy atom. The maximum atomic E-state index is 8.68. The Hall–Kier alpha value is -0.530. The summed E-state index contributed by atoms with van der Waals surface area (Å²) < 4.78 is 0. The summed E-state index contributed by atoms with van der Waals surface area (Å²) in [5.41, 5.74) is 1.16. The molecule has 0 radical (unpaired) electrons. The van der Waals surface area contributed by atoms with Gasteiger partial charge in [0, 0.05) is 0 Å². The summed E-state index contributed by atoms with van der Waals surface area (Å²) in [6.45, 7) is 6.51. The van der Waals surface area contributed by atoms with E-state index in [-0.39, 0.29) is 0 Å². The van der Waals surface area contributed by atoms with Crippen molar-refractivity contribution >= 4 is 5.71 Å². The Kier molecular flexibility index (Phi) is 3.97. The van der Waals surface area contributed by atoms with Crippen LogP contribution in [0, 0.1) is 11.3 Å². The Bertz CT molecular complexity index is 202. The third-order valence-corrected chi connectivity index (χ3v) is 3.59. The fourth-order valence-electron chi connectivity index (χ4n) is 2.72. The first-order valence-electron chi connectivity index (χ1n) is 5.74. The summed E-state index contributed by atoms with van der Waals surface area (Å²) >= 11 is 0. The van der Waals surface area contributed by atoms with Crippen molar-refractivity contribution in [3.8, 4) is 0 Å². The molecule has 2 heteroatoms. The fourth-order valence-corrected chi connectivity index (χ4v) is 2.72. The lowest BCUT2D eigenvalue weighted by molar-refractivity contribution is 0.164. The molecule has 0 spiro atoms. The molecule has 1 saturated carbocycles. The van der Waals surface area contributed by atoms with Crippen LogP contribution in [0.4, 0.5) is 0 Å². The lowest BCUT2D eigenvalue weighted by Crippen LogP contribution is -2.28. The Morgan fingerprint density at radius 3 is 2.36 bits per heavy atom. The molecule has 0 aromatic carbocycles. The van der Waals surface area contributed by atoms with Crippen molar-refractivity contribution in [2.45, 2.75) is 59.3 Å². The van der Waals surface area contributed by atoms with E-state index < -0.39 is 0 Å². The van der Waals surface area contributed by atoms with Crippen molar-refractivity contribution in [1.82, 2.24) is 0 Å². The van der Waals surface area contributed by atoms with Crippen LogP contribution in [-0.2, 0) is 0 Å². The maximum Gasteiger partial charge on any atom is 0.0545 e. The summed E-state index contributed by atoms with van der Waals surface area (Å²) in [6, 6.07) is 0. The molecule has 0 heterocycles. The molecule has 1 aliphatic carbocycles. The van der Waals surface area contributed by atoms with Crippen molar-refractivity contribution in [3.63, 3.8) is 0 Å². The van der Waals surface area contributed by atoms with Gasteiger partial charge < -0.3 is 5.21 Å². The minimum atomic E-state index is 0.302. The van der Waals surface area contributed by atoms with Crippen LogP contribution in [0.2, 0.25) is 0 Å². The smallest absolute Gasteiger partial charge is 0.0545 e. The summed E-state index contributed by atoms with van der Waals surface area (Å²) in [5.74, 6) is 0.813.